The molecule has 1 aromatic carbocycles. The Bertz CT molecular complexity index is 882. The minimum absolute atomic E-state index is 0.182. The lowest BCUT2D eigenvalue weighted by molar-refractivity contribution is 0.102. The lowest BCUT2D eigenvalue weighted by atomic mass is 9.85. The van der Waals surface area contributed by atoms with Crippen molar-refractivity contribution in [1.29, 1.82) is 0 Å². The molecule has 0 bridgehead atoms. The number of fused-ring (bicyclic) bond motifs is 1. The van der Waals surface area contributed by atoms with Gasteiger partial charge >= 0.3 is 0 Å². The zero-order valence-electron chi connectivity index (χ0n) is 13.4. The average Bonchev–Trinajstić information content (AvgIpc) is 2.97. The first kappa shape index (κ1) is 14.7. The molecule has 0 radical (unpaired) electrons. The molecule has 3 aromatic rings. The number of hydrogen-bond acceptors (Lipinski definition) is 4. The van der Waals surface area contributed by atoms with E-state index in [0.29, 0.717) is 22.8 Å². The number of methoxy groups -OCH3 is 1. The minimum Gasteiger partial charge on any atom is -0.497 e. The molecule has 2 aromatic heterocycles. The van der Waals surface area contributed by atoms with Gasteiger partial charge in [0.1, 0.15) is 5.75 Å². The Labute approximate surface area is 139 Å². The van der Waals surface area contributed by atoms with E-state index in [-0.39, 0.29) is 5.91 Å². The second kappa shape index (κ2) is 5.96. The van der Waals surface area contributed by atoms with Crippen LogP contribution in [0.2, 0.25) is 0 Å². The second-order valence-corrected chi connectivity index (χ2v) is 5.97. The van der Waals surface area contributed by atoms with Crippen molar-refractivity contribution in [3.05, 3.63) is 54.0 Å². The largest absolute Gasteiger partial charge is 0.497 e. The molecule has 0 atom stereocenters. The van der Waals surface area contributed by atoms with Gasteiger partial charge in [0.2, 0.25) is 0 Å². The minimum atomic E-state index is -0.182. The van der Waals surface area contributed by atoms with E-state index in [1.54, 1.807) is 35.9 Å². The highest BCUT2D eigenvalue weighted by molar-refractivity contribution is 6.06. The molecule has 0 spiro atoms. The molecule has 2 heterocycles. The van der Waals surface area contributed by atoms with Crippen LogP contribution in [0.3, 0.4) is 0 Å². The molecule has 4 rings (SSSR count). The van der Waals surface area contributed by atoms with Crippen molar-refractivity contribution >= 4 is 17.2 Å². The van der Waals surface area contributed by atoms with Gasteiger partial charge in [-0.15, -0.1) is 0 Å². The van der Waals surface area contributed by atoms with Crippen LogP contribution in [-0.4, -0.2) is 27.6 Å². The molecule has 0 unspecified atom stereocenters. The summed E-state index contributed by atoms with van der Waals surface area (Å²) in [6, 6.07) is 10.7. The highest BCUT2D eigenvalue weighted by Gasteiger charge is 2.24. The van der Waals surface area contributed by atoms with Crippen molar-refractivity contribution < 1.29 is 9.53 Å². The predicted molar refractivity (Wildman–Crippen MR) is 90.5 cm³/mol. The SMILES string of the molecule is COc1ccc(C(=O)Nc2cccn3nc(C4CCC4)nc23)cc1. The fourth-order valence-electron chi connectivity index (χ4n) is 2.80. The molecule has 6 heteroatoms. The third-order valence-corrected chi connectivity index (χ3v) is 4.45. The van der Waals surface area contributed by atoms with Crippen LogP contribution < -0.4 is 10.1 Å². The Morgan fingerprint density at radius 2 is 2.04 bits per heavy atom. The lowest BCUT2D eigenvalue weighted by Crippen LogP contribution is -2.12. The highest BCUT2D eigenvalue weighted by Crippen LogP contribution is 2.35. The molecule has 122 valence electrons. The van der Waals surface area contributed by atoms with Crippen LogP contribution in [0.1, 0.15) is 41.4 Å². The van der Waals surface area contributed by atoms with Crippen molar-refractivity contribution in [2.24, 2.45) is 0 Å². The summed E-state index contributed by atoms with van der Waals surface area (Å²) in [5.41, 5.74) is 1.91. The van der Waals surface area contributed by atoms with E-state index in [4.69, 9.17) is 4.74 Å². The van der Waals surface area contributed by atoms with Crippen molar-refractivity contribution in [2.75, 3.05) is 12.4 Å². The fourth-order valence-corrected chi connectivity index (χ4v) is 2.80. The molecule has 1 saturated carbocycles. The number of carbonyl (C=O) groups is 1. The number of anilines is 1. The number of ether oxygens (including phenoxy) is 1. The smallest absolute Gasteiger partial charge is 0.255 e. The van der Waals surface area contributed by atoms with Gasteiger partial charge in [-0.2, -0.15) is 5.10 Å². The van der Waals surface area contributed by atoms with Crippen molar-refractivity contribution in [3.63, 3.8) is 0 Å². The van der Waals surface area contributed by atoms with E-state index in [1.807, 2.05) is 18.3 Å². The molecule has 6 nitrogen and oxygen atoms in total. The van der Waals surface area contributed by atoms with Gasteiger partial charge in [0.05, 0.1) is 12.8 Å². The van der Waals surface area contributed by atoms with Gasteiger partial charge in [-0.05, 0) is 49.2 Å². The van der Waals surface area contributed by atoms with Crippen LogP contribution in [0.15, 0.2) is 42.6 Å². The van der Waals surface area contributed by atoms with Gasteiger partial charge in [-0.3, -0.25) is 4.79 Å². The number of rotatable bonds is 4. The number of nitrogens with one attached hydrogen (secondary N) is 1. The zero-order valence-corrected chi connectivity index (χ0v) is 13.4. The summed E-state index contributed by atoms with van der Waals surface area (Å²) in [6.45, 7) is 0. The summed E-state index contributed by atoms with van der Waals surface area (Å²) in [6.07, 6.45) is 5.38. The van der Waals surface area contributed by atoms with E-state index >= 15 is 0 Å². The van der Waals surface area contributed by atoms with Crippen LogP contribution in [0, 0.1) is 0 Å². The van der Waals surface area contributed by atoms with Crippen LogP contribution in [-0.2, 0) is 0 Å². The first-order valence-electron chi connectivity index (χ1n) is 8.05. The van der Waals surface area contributed by atoms with E-state index in [2.05, 4.69) is 15.4 Å². The third-order valence-electron chi connectivity index (χ3n) is 4.45. The Morgan fingerprint density at radius 1 is 1.25 bits per heavy atom. The van der Waals surface area contributed by atoms with Crippen LogP contribution in [0.25, 0.3) is 5.65 Å². The van der Waals surface area contributed by atoms with Gasteiger partial charge in [0, 0.05) is 17.7 Å². The number of hydrogen-bond donors (Lipinski definition) is 1. The number of carbonyl (C=O) groups excluding carboxylic acids is 1. The Kier molecular flexibility index (Phi) is 3.65. The molecule has 0 saturated heterocycles. The number of benzene rings is 1. The maximum Gasteiger partial charge on any atom is 0.255 e. The van der Waals surface area contributed by atoms with Gasteiger partial charge in [-0.1, -0.05) is 6.42 Å². The molecule has 1 aliphatic rings. The number of amides is 1. The second-order valence-electron chi connectivity index (χ2n) is 5.97. The predicted octanol–water partition coefficient (Wildman–Crippen LogP) is 3.26. The number of aromatic nitrogens is 3. The Balaban J connectivity index is 1.60. The van der Waals surface area contributed by atoms with Gasteiger partial charge in [0.15, 0.2) is 11.5 Å². The summed E-state index contributed by atoms with van der Waals surface area (Å²) in [4.78, 5) is 17.1. The molecule has 1 aliphatic carbocycles. The van der Waals surface area contributed by atoms with Gasteiger partial charge in [0.25, 0.3) is 5.91 Å². The summed E-state index contributed by atoms with van der Waals surface area (Å²) >= 11 is 0. The van der Waals surface area contributed by atoms with Crippen LogP contribution in [0.4, 0.5) is 5.69 Å². The summed E-state index contributed by atoms with van der Waals surface area (Å²) in [5.74, 6) is 1.86. The molecule has 1 amide bonds. The first-order valence-corrected chi connectivity index (χ1v) is 8.05. The van der Waals surface area contributed by atoms with Crippen molar-refractivity contribution in [1.82, 2.24) is 14.6 Å². The van der Waals surface area contributed by atoms with E-state index in [9.17, 15) is 4.79 Å². The standard InChI is InChI=1S/C18H18N4O2/c1-24-14-9-7-13(8-10-14)18(23)19-15-6-3-11-22-17(15)20-16(21-22)12-4-2-5-12/h3,6-12H,2,4-5H2,1H3,(H,19,23). The Hall–Kier alpha value is -2.89. The van der Waals surface area contributed by atoms with E-state index in [1.165, 1.54) is 6.42 Å². The topological polar surface area (TPSA) is 68.5 Å². The third kappa shape index (κ3) is 2.60. The molecule has 24 heavy (non-hydrogen) atoms. The molecule has 1 fully saturated rings. The average molecular weight is 322 g/mol. The highest BCUT2D eigenvalue weighted by atomic mass is 16.5. The normalized spacial score (nSPS) is 14.4. The van der Waals surface area contributed by atoms with Crippen LogP contribution in [0.5, 0.6) is 5.75 Å². The molecular weight excluding hydrogens is 304 g/mol. The molecular formula is C18H18N4O2. The summed E-state index contributed by atoms with van der Waals surface area (Å²) in [5, 5.41) is 7.46. The monoisotopic (exact) mass is 322 g/mol. The van der Waals surface area contributed by atoms with E-state index < -0.39 is 0 Å². The number of pyridine rings is 1. The maximum absolute atomic E-state index is 12.5. The van der Waals surface area contributed by atoms with Crippen molar-refractivity contribution in [3.8, 4) is 5.75 Å². The lowest BCUT2D eigenvalue weighted by Gasteiger charge is -2.21. The first-order chi connectivity index (χ1) is 11.7. The van der Waals surface area contributed by atoms with E-state index in [0.717, 1.165) is 24.4 Å². The maximum atomic E-state index is 12.5. The van der Waals surface area contributed by atoms with Gasteiger partial charge < -0.3 is 10.1 Å². The summed E-state index contributed by atoms with van der Waals surface area (Å²) < 4.78 is 6.85. The quantitative estimate of drug-likeness (QED) is 0.800. The zero-order chi connectivity index (χ0) is 16.5. The summed E-state index contributed by atoms with van der Waals surface area (Å²) in [7, 11) is 1.60. The van der Waals surface area contributed by atoms with Crippen LogP contribution >= 0.6 is 0 Å². The Morgan fingerprint density at radius 3 is 2.71 bits per heavy atom. The van der Waals surface area contributed by atoms with Crippen molar-refractivity contribution in [2.45, 2.75) is 25.2 Å². The fraction of sp³-hybridized carbons (Fsp3) is 0.278. The van der Waals surface area contributed by atoms with Gasteiger partial charge in [-0.25, -0.2) is 9.50 Å². The number of nitrogens with zero attached hydrogens (tertiary/aromatic N) is 3. The molecule has 1 N–H and O–H groups in total. The molecule has 0 aliphatic heterocycles.